The zero-order valence-corrected chi connectivity index (χ0v) is 16.2. The number of ketones is 1. The molecule has 9 heteroatoms. The third-order valence-electron chi connectivity index (χ3n) is 4.82. The lowest BCUT2D eigenvalue weighted by molar-refractivity contribution is -0.384. The summed E-state index contributed by atoms with van der Waals surface area (Å²) >= 11 is 1.28. The molecule has 0 unspecified atom stereocenters. The van der Waals surface area contributed by atoms with Crippen LogP contribution < -0.4 is 0 Å². The molecule has 0 saturated carbocycles. The highest BCUT2D eigenvalue weighted by Gasteiger charge is 2.29. The van der Waals surface area contributed by atoms with E-state index in [0.717, 1.165) is 23.1 Å². The van der Waals surface area contributed by atoms with Crippen molar-refractivity contribution in [2.45, 2.75) is 17.7 Å². The van der Waals surface area contributed by atoms with Gasteiger partial charge in [0.15, 0.2) is 5.78 Å². The average molecular weight is 420 g/mol. The number of carbonyl (C=O) groups is 2. The third kappa shape index (κ3) is 5.17. The smallest absolute Gasteiger partial charge is 0.269 e. The number of piperidine rings is 1. The minimum Gasteiger partial charge on any atom is -0.342 e. The minimum absolute atomic E-state index is 0.0119. The molecular weight excluding hydrogens is 402 g/mol. The van der Waals surface area contributed by atoms with E-state index in [9.17, 15) is 28.5 Å². The lowest BCUT2D eigenvalue weighted by Crippen LogP contribution is -2.41. The molecule has 2 aromatic carbocycles. The third-order valence-corrected chi connectivity index (χ3v) is 5.82. The summed E-state index contributed by atoms with van der Waals surface area (Å²) in [7, 11) is 0. The normalized spacial score (nSPS) is 14.6. The van der Waals surface area contributed by atoms with Crippen LogP contribution in [0.15, 0.2) is 47.4 Å². The number of benzene rings is 2. The fraction of sp³-hybridized carbons (Fsp3) is 0.300. The Morgan fingerprint density at radius 3 is 2.38 bits per heavy atom. The lowest BCUT2D eigenvalue weighted by Gasteiger charge is -2.31. The number of nitro groups is 1. The van der Waals surface area contributed by atoms with E-state index in [1.165, 1.54) is 23.9 Å². The quantitative estimate of drug-likeness (QED) is 0.304. The van der Waals surface area contributed by atoms with Crippen molar-refractivity contribution < 1.29 is 23.3 Å². The van der Waals surface area contributed by atoms with Crippen molar-refractivity contribution in [3.8, 4) is 0 Å². The van der Waals surface area contributed by atoms with Crippen molar-refractivity contribution in [1.29, 1.82) is 0 Å². The summed E-state index contributed by atoms with van der Waals surface area (Å²) in [6, 6.07) is 8.77. The molecule has 0 aliphatic carbocycles. The van der Waals surface area contributed by atoms with Gasteiger partial charge in [-0.05, 0) is 43.2 Å². The maximum absolute atomic E-state index is 13.8. The highest BCUT2D eigenvalue weighted by Crippen LogP contribution is 2.26. The van der Waals surface area contributed by atoms with Gasteiger partial charge in [-0.1, -0.05) is 0 Å². The Labute approximate surface area is 170 Å². The van der Waals surface area contributed by atoms with Gasteiger partial charge < -0.3 is 4.90 Å². The van der Waals surface area contributed by atoms with E-state index < -0.39 is 28.3 Å². The number of thioether (sulfide) groups is 1. The minimum atomic E-state index is -0.741. The largest absolute Gasteiger partial charge is 0.342 e. The number of amides is 1. The number of carbonyl (C=O) groups excluding carboxylic acids is 2. The Kier molecular flexibility index (Phi) is 6.58. The first-order chi connectivity index (χ1) is 13.8. The van der Waals surface area contributed by atoms with Gasteiger partial charge in [-0.2, -0.15) is 0 Å². The lowest BCUT2D eigenvalue weighted by atomic mass is 9.88. The summed E-state index contributed by atoms with van der Waals surface area (Å²) in [5.74, 6) is -2.21. The summed E-state index contributed by atoms with van der Waals surface area (Å²) in [4.78, 5) is 37.4. The molecule has 1 fully saturated rings. The number of likely N-dealkylation sites (tertiary alicyclic amines) is 1. The molecule has 29 heavy (non-hydrogen) atoms. The van der Waals surface area contributed by atoms with Gasteiger partial charge in [-0.3, -0.25) is 19.7 Å². The predicted octanol–water partition coefficient (Wildman–Crippen LogP) is 4.09. The van der Waals surface area contributed by atoms with Gasteiger partial charge in [0.1, 0.15) is 11.6 Å². The van der Waals surface area contributed by atoms with Crippen molar-refractivity contribution in [3.63, 3.8) is 0 Å². The predicted molar refractivity (Wildman–Crippen MR) is 104 cm³/mol. The molecule has 0 N–H and O–H groups in total. The monoisotopic (exact) mass is 420 g/mol. The van der Waals surface area contributed by atoms with Crippen LogP contribution in [-0.2, 0) is 4.79 Å². The fourth-order valence-corrected chi connectivity index (χ4v) is 4.00. The van der Waals surface area contributed by atoms with Gasteiger partial charge in [-0.25, -0.2) is 8.78 Å². The molecule has 152 valence electrons. The Balaban J connectivity index is 1.51. The Hall–Kier alpha value is -2.81. The summed E-state index contributed by atoms with van der Waals surface area (Å²) in [5, 5.41) is 10.7. The van der Waals surface area contributed by atoms with Gasteiger partial charge in [0.2, 0.25) is 5.91 Å². The first-order valence-corrected chi connectivity index (χ1v) is 9.98. The molecule has 0 atom stereocenters. The first-order valence-electron chi connectivity index (χ1n) is 8.99. The topological polar surface area (TPSA) is 80.5 Å². The summed E-state index contributed by atoms with van der Waals surface area (Å²) in [6.45, 7) is 0.736. The van der Waals surface area contributed by atoms with Gasteiger partial charge in [-0.15, -0.1) is 11.8 Å². The summed E-state index contributed by atoms with van der Waals surface area (Å²) < 4.78 is 27.1. The maximum atomic E-state index is 13.8. The number of halogens is 2. The molecule has 0 spiro atoms. The molecule has 0 radical (unpaired) electrons. The van der Waals surface area contributed by atoms with Crippen LogP contribution in [-0.4, -0.2) is 40.4 Å². The molecule has 1 aliphatic heterocycles. The van der Waals surface area contributed by atoms with E-state index in [0.29, 0.717) is 25.9 Å². The van der Waals surface area contributed by atoms with Crippen LogP contribution in [0.25, 0.3) is 0 Å². The molecule has 0 bridgehead atoms. The second-order valence-corrected chi connectivity index (χ2v) is 7.73. The van der Waals surface area contributed by atoms with Crippen LogP contribution in [0.2, 0.25) is 0 Å². The maximum Gasteiger partial charge on any atom is 0.269 e. The van der Waals surface area contributed by atoms with Gasteiger partial charge in [0.05, 0.1) is 16.2 Å². The van der Waals surface area contributed by atoms with Crippen LogP contribution in [0.3, 0.4) is 0 Å². The molecule has 1 saturated heterocycles. The number of rotatable bonds is 6. The van der Waals surface area contributed by atoms with Gasteiger partial charge >= 0.3 is 0 Å². The van der Waals surface area contributed by atoms with Crippen LogP contribution in [0.5, 0.6) is 0 Å². The SMILES string of the molecule is O=C(c1cc(F)ccc1F)C1CCN(C(=O)CSc2ccc([N+](=O)[O-])cc2)CC1. The number of hydrogen-bond acceptors (Lipinski definition) is 5. The molecule has 1 amide bonds. The van der Waals surface area contributed by atoms with E-state index >= 15 is 0 Å². The zero-order valence-electron chi connectivity index (χ0n) is 15.3. The average Bonchev–Trinajstić information content (AvgIpc) is 2.73. The van der Waals surface area contributed by atoms with Crippen molar-refractivity contribution >= 4 is 29.1 Å². The van der Waals surface area contributed by atoms with Crippen molar-refractivity contribution in [3.05, 3.63) is 69.8 Å². The number of non-ortho nitro benzene ring substituents is 1. The summed E-state index contributed by atoms with van der Waals surface area (Å²) in [5.41, 5.74) is -0.259. The number of Topliss-reactive ketones (excluding diaryl/α,β-unsaturated/α-hetero) is 1. The molecule has 2 aromatic rings. The van der Waals surface area contributed by atoms with E-state index in [2.05, 4.69) is 0 Å². The van der Waals surface area contributed by atoms with Crippen LogP contribution in [0.4, 0.5) is 14.5 Å². The van der Waals surface area contributed by atoms with Crippen molar-refractivity contribution in [1.82, 2.24) is 4.90 Å². The Morgan fingerprint density at radius 1 is 1.10 bits per heavy atom. The second-order valence-electron chi connectivity index (χ2n) is 6.68. The highest BCUT2D eigenvalue weighted by atomic mass is 32.2. The second kappa shape index (κ2) is 9.13. The fourth-order valence-electron chi connectivity index (χ4n) is 3.20. The van der Waals surface area contributed by atoms with E-state index in [4.69, 9.17) is 0 Å². The molecule has 0 aromatic heterocycles. The van der Waals surface area contributed by atoms with Crippen LogP contribution >= 0.6 is 11.8 Å². The van der Waals surface area contributed by atoms with Crippen LogP contribution in [0.1, 0.15) is 23.2 Å². The summed E-state index contributed by atoms with van der Waals surface area (Å²) in [6.07, 6.45) is 0.783. The zero-order chi connectivity index (χ0) is 21.0. The van der Waals surface area contributed by atoms with E-state index in [1.807, 2.05) is 0 Å². The van der Waals surface area contributed by atoms with Crippen molar-refractivity contribution in [2.75, 3.05) is 18.8 Å². The van der Waals surface area contributed by atoms with E-state index in [1.54, 1.807) is 17.0 Å². The van der Waals surface area contributed by atoms with E-state index in [-0.39, 0.29) is 22.9 Å². The van der Waals surface area contributed by atoms with Crippen LogP contribution in [0, 0.1) is 27.7 Å². The molecule has 3 rings (SSSR count). The number of hydrogen-bond donors (Lipinski definition) is 0. The van der Waals surface area contributed by atoms with Gasteiger partial charge in [0, 0.05) is 36.0 Å². The standard InChI is InChI=1S/C20H18F2N2O4S/c21-14-1-6-18(22)17(11-14)20(26)13-7-9-23(10-8-13)19(25)12-29-16-4-2-15(3-5-16)24(27)28/h1-6,11,13H,7-10,12H2. The number of nitrogens with zero attached hydrogens (tertiary/aromatic N) is 2. The highest BCUT2D eigenvalue weighted by molar-refractivity contribution is 8.00. The first kappa shape index (κ1) is 20.9. The van der Waals surface area contributed by atoms with Gasteiger partial charge in [0.25, 0.3) is 5.69 Å². The molecular formula is C20H18F2N2O4S. The van der Waals surface area contributed by atoms with Crippen molar-refractivity contribution in [2.24, 2.45) is 5.92 Å². The molecule has 6 nitrogen and oxygen atoms in total. The Morgan fingerprint density at radius 2 is 1.76 bits per heavy atom. The molecule has 1 aliphatic rings. The molecule has 1 heterocycles. The number of nitro benzene ring substituents is 1. The Bertz CT molecular complexity index is 929.